The third-order valence-corrected chi connectivity index (χ3v) is 5.66. The number of amides is 1. The molecular weight excluding hydrogens is 438 g/mol. The largest absolute Gasteiger partial charge is 0.486 e. The Kier molecular flexibility index (Phi) is 7.14. The van der Waals surface area contributed by atoms with Crippen LogP contribution in [-0.2, 0) is 19.6 Å². The molecule has 0 bridgehead atoms. The summed E-state index contributed by atoms with van der Waals surface area (Å²) >= 11 is 0. The van der Waals surface area contributed by atoms with Gasteiger partial charge in [-0.25, -0.2) is 17.5 Å². The van der Waals surface area contributed by atoms with Gasteiger partial charge in [-0.2, -0.15) is 0 Å². The number of hydrogen-bond acceptors (Lipinski definition) is 8. The number of carbonyl (C=O) groups excluding carboxylic acids is 3. The Morgan fingerprint density at radius 3 is 2.38 bits per heavy atom. The van der Waals surface area contributed by atoms with E-state index in [4.69, 9.17) is 14.2 Å². The number of nitrogens with zero attached hydrogens (tertiary/aromatic N) is 1. The molecule has 32 heavy (non-hydrogen) atoms. The van der Waals surface area contributed by atoms with E-state index in [-0.39, 0.29) is 36.5 Å². The van der Waals surface area contributed by atoms with Crippen LogP contribution in [0.3, 0.4) is 0 Å². The Labute approximate surface area is 185 Å². The van der Waals surface area contributed by atoms with Crippen LogP contribution < -0.4 is 13.8 Å². The Hall–Kier alpha value is -3.40. The van der Waals surface area contributed by atoms with E-state index in [1.165, 1.54) is 24.3 Å². The Morgan fingerprint density at radius 1 is 0.969 bits per heavy atom. The standard InChI is InChI=1S/C22H23NO8S/c1-3-29-22(26)16-5-4-6-17(13-16)23(32(2,27)28)21(25)10-8-18(24)15-7-9-19-20(14-15)31-12-11-30-19/h4-7,9,13-14H,3,8,10-12H2,1-2H3. The van der Waals surface area contributed by atoms with Crippen LogP contribution in [0, 0.1) is 0 Å². The van der Waals surface area contributed by atoms with Gasteiger partial charge in [-0.3, -0.25) is 9.59 Å². The summed E-state index contributed by atoms with van der Waals surface area (Å²) in [6, 6.07) is 10.3. The number of sulfonamides is 1. The normalized spacial score (nSPS) is 12.7. The van der Waals surface area contributed by atoms with Crippen molar-refractivity contribution in [3.8, 4) is 11.5 Å². The monoisotopic (exact) mass is 461 g/mol. The second-order valence-electron chi connectivity index (χ2n) is 6.97. The number of anilines is 1. The van der Waals surface area contributed by atoms with Gasteiger partial charge in [0, 0.05) is 18.4 Å². The van der Waals surface area contributed by atoms with E-state index >= 15 is 0 Å². The molecule has 0 radical (unpaired) electrons. The molecule has 170 valence electrons. The number of hydrogen-bond donors (Lipinski definition) is 0. The highest BCUT2D eigenvalue weighted by atomic mass is 32.2. The molecule has 0 spiro atoms. The fraction of sp³-hybridized carbons (Fsp3) is 0.318. The lowest BCUT2D eigenvalue weighted by Gasteiger charge is -2.21. The van der Waals surface area contributed by atoms with E-state index in [9.17, 15) is 22.8 Å². The Morgan fingerprint density at radius 2 is 1.69 bits per heavy atom. The van der Waals surface area contributed by atoms with Crippen LogP contribution in [-0.4, -0.2) is 52.2 Å². The van der Waals surface area contributed by atoms with Gasteiger partial charge in [0.05, 0.1) is 24.1 Å². The number of fused-ring (bicyclic) bond motifs is 1. The van der Waals surface area contributed by atoms with E-state index in [2.05, 4.69) is 0 Å². The van der Waals surface area contributed by atoms with Crippen LogP contribution in [0.2, 0.25) is 0 Å². The van der Waals surface area contributed by atoms with Gasteiger partial charge in [0.25, 0.3) is 0 Å². The first kappa shape index (κ1) is 23.3. The summed E-state index contributed by atoms with van der Waals surface area (Å²) in [4.78, 5) is 37.4. The molecule has 1 aliphatic heterocycles. The zero-order valence-corrected chi connectivity index (χ0v) is 18.5. The van der Waals surface area contributed by atoms with Gasteiger partial charge in [0.2, 0.25) is 15.9 Å². The quantitative estimate of drug-likeness (QED) is 0.435. The number of rotatable bonds is 8. The molecule has 0 aliphatic carbocycles. The van der Waals surface area contributed by atoms with Crippen LogP contribution in [0.4, 0.5) is 5.69 Å². The topological polar surface area (TPSA) is 116 Å². The van der Waals surface area contributed by atoms with Gasteiger partial charge in [-0.15, -0.1) is 0 Å². The predicted molar refractivity (Wildman–Crippen MR) is 116 cm³/mol. The van der Waals surface area contributed by atoms with Crippen molar-refractivity contribution in [3.63, 3.8) is 0 Å². The summed E-state index contributed by atoms with van der Waals surface area (Å²) in [5.74, 6) is -0.789. The molecule has 10 heteroatoms. The molecule has 9 nitrogen and oxygen atoms in total. The van der Waals surface area contributed by atoms with Crippen LogP contribution in [0.5, 0.6) is 11.5 Å². The van der Waals surface area contributed by atoms with Crippen LogP contribution >= 0.6 is 0 Å². The van der Waals surface area contributed by atoms with Gasteiger partial charge in [0.1, 0.15) is 13.2 Å². The predicted octanol–water partition coefficient (Wildman–Crippen LogP) is 2.59. The first-order valence-corrected chi connectivity index (χ1v) is 11.8. The van der Waals surface area contributed by atoms with Gasteiger partial charge < -0.3 is 14.2 Å². The molecule has 0 N–H and O–H groups in total. The maximum atomic E-state index is 12.8. The van der Waals surface area contributed by atoms with Gasteiger partial charge >= 0.3 is 5.97 Å². The van der Waals surface area contributed by atoms with Crippen LogP contribution in [0.25, 0.3) is 0 Å². The molecule has 0 unspecified atom stereocenters. The van der Waals surface area contributed by atoms with E-state index in [1.807, 2.05) is 0 Å². The average molecular weight is 461 g/mol. The highest BCUT2D eigenvalue weighted by Gasteiger charge is 2.27. The Balaban J connectivity index is 1.76. The second-order valence-corrected chi connectivity index (χ2v) is 8.80. The molecule has 0 fully saturated rings. The third kappa shape index (κ3) is 5.44. The van der Waals surface area contributed by atoms with Gasteiger partial charge in [-0.05, 0) is 43.3 Å². The maximum Gasteiger partial charge on any atom is 0.338 e. The zero-order chi connectivity index (χ0) is 23.3. The summed E-state index contributed by atoms with van der Waals surface area (Å²) in [6.07, 6.45) is 0.330. The van der Waals surface area contributed by atoms with Gasteiger partial charge in [-0.1, -0.05) is 6.07 Å². The van der Waals surface area contributed by atoms with E-state index in [1.54, 1.807) is 25.1 Å². The van der Waals surface area contributed by atoms with Crippen LogP contribution in [0.1, 0.15) is 40.5 Å². The third-order valence-electron chi connectivity index (χ3n) is 4.58. The molecule has 0 saturated carbocycles. The molecule has 2 aromatic rings. The fourth-order valence-corrected chi connectivity index (χ4v) is 4.13. The van der Waals surface area contributed by atoms with Crippen molar-refractivity contribution in [2.75, 3.05) is 30.4 Å². The summed E-state index contributed by atoms with van der Waals surface area (Å²) in [5, 5.41) is 0. The van der Waals surface area contributed by atoms with Crippen molar-refractivity contribution < 1.29 is 37.0 Å². The number of ether oxygens (including phenoxy) is 3. The maximum absolute atomic E-state index is 12.8. The lowest BCUT2D eigenvalue weighted by molar-refractivity contribution is -0.117. The Bertz CT molecular complexity index is 1140. The van der Waals surface area contributed by atoms with Crippen molar-refractivity contribution in [2.24, 2.45) is 0 Å². The lowest BCUT2D eigenvalue weighted by atomic mass is 10.1. The average Bonchev–Trinajstić information content (AvgIpc) is 2.76. The van der Waals surface area contributed by atoms with Crippen molar-refractivity contribution in [2.45, 2.75) is 19.8 Å². The minimum absolute atomic E-state index is 0.00479. The molecule has 1 amide bonds. The van der Waals surface area contributed by atoms with Crippen LogP contribution in [0.15, 0.2) is 42.5 Å². The lowest BCUT2D eigenvalue weighted by Crippen LogP contribution is -2.36. The molecule has 0 aromatic heterocycles. The zero-order valence-electron chi connectivity index (χ0n) is 17.7. The second kappa shape index (κ2) is 9.82. The SMILES string of the molecule is CCOC(=O)c1cccc(N(C(=O)CCC(=O)c2ccc3c(c2)OCCO3)S(C)(=O)=O)c1. The van der Waals surface area contributed by atoms with Gasteiger partial charge in [0.15, 0.2) is 17.3 Å². The molecule has 0 saturated heterocycles. The number of Topliss-reactive ketones (excluding diaryl/α,β-unsaturated/α-hetero) is 1. The first-order chi connectivity index (χ1) is 15.2. The van der Waals surface area contributed by atoms with Crippen molar-refractivity contribution >= 4 is 33.4 Å². The summed E-state index contributed by atoms with van der Waals surface area (Å²) in [7, 11) is -4.01. The summed E-state index contributed by atoms with van der Waals surface area (Å²) < 4.78 is 41.0. The minimum atomic E-state index is -4.01. The van der Waals surface area contributed by atoms with Crippen molar-refractivity contribution in [1.29, 1.82) is 0 Å². The molecule has 2 aromatic carbocycles. The van der Waals surface area contributed by atoms with Crippen molar-refractivity contribution in [1.82, 2.24) is 0 Å². The smallest absolute Gasteiger partial charge is 0.338 e. The van der Waals surface area contributed by atoms with E-state index < -0.39 is 21.9 Å². The minimum Gasteiger partial charge on any atom is -0.486 e. The molecule has 3 rings (SSSR count). The van der Waals surface area contributed by atoms with Crippen molar-refractivity contribution in [3.05, 3.63) is 53.6 Å². The number of benzene rings is 2. The summed E-state index contributed by atoms with van der Waals surface area (Å²) in [6.45, 7) is 2.59. The van der Waals surface area contributed by atoms with E-state index in [0.29, 0.717) is 34.6 Å². The number of ketones is 1. The number of carbonyl (C=O) groups is 3. The molecule has 0 atom stereocenters. The molecule has 1 heterocycles. The molecule has 1 aliphatic rings. The number of esters is 1. The highest BCUT2D eigenvalue weighted by Crippen LogP contribution is 2.31. The highest BCUT2D eigenvalue weighted by molar-refractivity contribution is 7.92. The fourth-order valence-electron chi connectivity index (χ4n) is 3.18. The summed E-state index contributed by atoms with van der Waals surface area (Å²) in [5.41, 5.74) is 0.435. The molecular formula is C22H23NO8S. The van der Waals surface area contributed by atoms with E-state index in [0.717, 1.165) is 6.26 Å². The first-order valence-electron chi connectivity index (χ1n) is 9.94.